The van der Waals surface area contributed by atoms with E-state index >= 15 is 0 Å². The standard InChI is InChI=1S/C29H37NO2S/c1-19(18-31)29(4)28(3,15-16-32-5)26-23-14-10-9-13-22(23)24(21-11-7-6-8-12-21)17-25(26)27(30-29)20(2)33/h9-10,13-14,17,21,31,33H,1-2,6-8,11-12,15-16,18H2,3-5H3. The molecule has 2 aromatic carbocycles. The van der Waals surface area contributed by atoms with Gasteiger partial charge in [0.05, 0.1) is 17.9 Å². The number of fused-ring (bicyclic) bond motifs is 3. The fraction of sp³-hybridized carbons (Fsp3) is 0.483. The lowest BCUT2D eigenvalue weighted by atomic mass is 9.58. The summed E-state index contributed by atoms with van der Waals surface area (Å²) in [5.41, 5.74) is 4.15. The molecule has 1 heterocycles. The van der Waals surface area contributed by atoms with Gasteiger partial charge in [0.25, 0.3) is 0 Å². The van der Waals surface area contributed by atoms with Crippen molar-refractivity contribution in [3.8, 4) is 0 Å². The van der Waals surface area contributed by atoms with Crippen molar-refractivity contribution in [2.75, 3.05) is 20.3 Å². The summed E-state index contributed by atoms with van der Waals surface area (Å²) in [4.78, 5) is 5.90. The van der Waals surface area contributed by atoms with Gasteiger partial charge in [0, 0.05) is 29.6 Å². The number of methoxy groups -OCH3 is 1. The van der Waals surface area contributed by atoms with Crippen LogP contribution in [0.25, 0.3) is 10.8 Å². The normalized spacial score (nSPS) is 25.5. The van der Waals surface area contributed by atoms with Crippen molar-refractivity contribution in [3.05, 3.63) is 70.7 Å². The van der Waals surface area contributed by atoms with Crippen LogP contribution in [-0.4, -0.2) is 36.7 Å². The minimum atomic E-state index is -0.719. The Hall–Kier alpha value is -1.88. The van der Waals surface area contributed by atoms with Gasteiger partial charge in [-0.3, -0.25) is 4.99 Å². The van der Waals surface area contributed by atoms with Crippen LogP contribution in [0.1, 0.15) is 75.0 Å². The maximum Gasteiger partial charge on any atom is 0.0910 e. The predicted molar refractivity (Wildman–Crippen MR) is 143 cm³/mol. The zero-order valence-electron chi connectivity index (χ0n) is 20.3. The lowest BCUT2D eigenvalue weighted by Crippen LogP contribution is -2.52. The Labute approximate surface area is 204 Å². The highest BCUT2D eigenvalue weighted by atomic mass is 32.1. The van der Waals surface area contributed by atoms with Crippen LogP contribution >= 0.6 is 12.6 Å². The molecule has 1 aliphatic heterocycles. The third-order valence-corrected chi connectivity index (χ3v) is 8.51. The number of aliphatic imine (C=N–C) groups is 1. The first-order chi connectivity index (χ1) is 15.8. The van der Waals surface area contributed by atoms with Crippen LogP contribution in [0.4, 0.5) is 0 Å². The van der Waals surface area contributed by atoms with Crippen LogP contribution in [-0.2, 0) is 10.2 Å². The fourth-order valence-corrected chi connectivity index (χ4v) is 6.27. The van der Waals surface area contributed by atoms with Crippen molar-refractivity contribution >= 4 is 29.1 Å². The van der Waals surface area contributed by atoms with Crippen molar-refractivity contribution in [3.63, 3.8) is 0 Å². The highest BCUT2D eigenvalue weighted by Gasteiger charge is 2.52. The van der Waals surface area contributed by atoms with Crippen LogP contribution in [0.3, 0.4) is 0 Å². The summed E-state index contributed by atoms with van der Waals surface area (Å²) in [5, 5.41) is 12.8. The van der Waals surface area contributed by atoms with Gasteiger partial charge in [0.2, 0.25) is 0 Å². The molecule has 0 amide bonds. The Morgan fingerprint density at radius 3 is 2.42 bits per heavy atom. The Morgan fingerprint density at radius 1 is 1.15 bits per heavy atom. The molecule has 3 nitrogen and oxygen atoms in total. The average molecular weight is 464 g/mol. The summed E-state index contributed by atoms with van der Waals surface area (Å²) in [6.07, 6.45) is 7.13. The van der Waals surface area contributed by atoms with E-state index in [0.29, 0.717) is 23.0 Å². The van der Waals surface area contributed by atoms with E-state index in [1.54, 1.807) is 7.11 Å². The second kappa shape index (κ2) is 9.40. The van der Waals surface area contributed by atoms with Crippen LogP contribution in [0.5, 0.6) is 0 Å². The Bertz CT molecular complexity index is 1110. The molecule has 1 aliphatic carbocycles. The minimum Gasteiger partial charge on any atom is -0.392 e. The third kappa shape index (κ3) is 3.90. The van der Waals surface area contributed by atoms with Gasteiger partial charge in [-0.2, -0.15) is 0 Å². The number of allylic oxidation sites excluding steroid dienone is 1. The lowest BCUT2D eigenvalue weighted by molar-refractivity contribution is 0.144. The third-order valence-electron chi connectivity index (χ3n) is 8.30. The molecule has 0 saturated heterocycles. The number of aliphatic hydroxyl groups is 1. The molecule has 1 N–H and O–H groups in total. The molecule has 33 heavy (non-hydrogen) atoms. The molecule has 0 aromatic heterocycles. The van der Waals surface area contributed by atoms with E-state index in [2.05, 4.69) is 70.0 Å². The SMILES string of the molecule is C=C(S)C1=NC(C)(C(=C)CO)C(C)(CCOC)c2c1cc(C1CCCCC1)c1ccccc21. The molecule has 2 aromatic rings. The fourth-order valence-electron chi connectivity index (χ4n) is 6.10. The summed E-state index contributed by atoms with van der Waals surface area (Å²) in [6.45, 7) is 13.2. The van der Waals surface area contributed by atoms with Gasteiger partial charge < -0.3 is 9.84 Å². The van der Waals surface area contributed by atoms with Crippen molar-refractivity contribution < 1.29 is 9.84 Å². The summed E-state index contributed by atoms with van der Waals surface area (Å²) in [7, 11) is 1.74. The van der Waals surface area contributed by atoms with E-state index in [1.165, 1.54) is 54.0 Å². The number of thiol groups is 1. The maximum absolute atomic E-state index is 10.2. The van der Waals surface area contributed by atoms with E-state index in [1.807, 2.05) is 0 Å². The molecule has 0 bridgehead atoms. The molecule has 0 spiro atoms. The molecule has 176 valence electrons. The Morgan fingerprint density at radius 2 is 1.82 bits per heavy atom. The first kappa shape index (κ1) is 24.3. The molecule has 0 radical (unpaired) electrons. The molecule has 4 heteroatoms. The number of aliphatic hydroxyl groups excluding tert-OH is 1. The predicted octanol–water partition coefficient (Wildman–Crippen LogP) is 6.74. The monoisotopic (exact) mass is 463 g/mol. The zero-order chi connectivity index (χ0) is 23.8. The van der Waals surface area contributed by atoms with Gasteiger partial charge in [0.15, 0.2) is 0 Å². The highest BCUT2D eigenvalue weighted by molar-refractivity contribution is 7.85. The van der Waals surface area contributed by atoms with E-state index in [-0.39, 0.29) is 6.61 Å². The molecule has 1 fully saturated rings. The summed E-state index contributed by atoms with van der Waals surface area (Å²) in [6, 6.07) is 11.2. The summed E-state index contributed by atoms with van der Waals surface area (Å²) in [5.74, 6) is 0.564. The van der Waals surface area contributed by atoms with E-state index in [4.69, 9.17) is 9.73 Å². The van der Waals surface area contributed by atoms with Gasteiger partial charge >= 0.3 is 0 Å². The molecule has 4 rings (SSSR count). The first-order valence-electron chi connectivity index (χ1n) is 12.1. The van der Waals surface area contributed by atoms with Gasteiger partial charge in [0.1, 0.15) is 0 Å². The minimum absolute atomic E-state index is 0.123. The molecule has 1 saturated carbocycles. The first-order valence-corrected chi connectivity index (χ1v) is 12.6. The van der Waals surface area contributed by atoms with Crippen LogP contribution in [0.15, 0.2) is 59.0 Å². The second-order valence-corrected chi connectivity index (χ2v) is 10.6. The Balaban J connectivity index is 2.10. The lowest BCUT2D eigenvalue weighted by Gasteiger charge is -2.50. The summed E-state index contributed by atoms with van der Waals surface area (Å²) < 4.78 is 5.56. The van der Waals surface area contributed by atoms with Crippen LogP contribution in [0, 0.1) is 0 Å². The van der Waals surface area contributed by atoms with E-state index in [0.717, 1.165) is 17.7 Å². The van der Waals surface area contributed by atoms with Crippen molar-refractivity contribution in [2.45, 2.75) is 69.2 Å². The second-order valence-electron chi connectivity index (χ2n) is 10.1. The van der Waals surface area contributed by atoms with E-state index < -0.39 is 11.0 Å². The summed E-state index contributed by atoms with van der Waals surface area (Å²) >= 11 is 4.68. The average Bonchev–Trinajstić information content (AvgIpc) is 2.84. The largest absolute Gasteiger partial charge is 0.392 e. The van der Waals surface area contributed by atoms with E-state index in [9.17, 15) is 5.11 Å². The molecular weight excluding hydrogens is 426 g/mol. The number of hydrogen-bond donors (Lipinski definition) is 2. The number of nitrogens with zero attached hydrogens (tertiary/aromatic N) is 1. The quantitative estimate of drug-likeness (QED) is 0.353. The smallest absolute Gasteiger partial charge is 0.0910 e. The van der Waals surface area contributed by atoms with Crippen molar-refractivity contribution in [2.24, 2.45) is 4.99 Å². The number of benzene rings is 2. The highest BCUT2D eigenvalue weighted by Crippen LogP contribution is 2.53. The number of ether oxygens (including phenoxy) is 1. The topological polar surface area (TPSA) is 41.8 Å². The van der Waals surface area contributed by atoms with Crippen molar-refractivity contribution in [1.29, 1.82) is 0 Å². The molecular formula is C29H37NO2S. The van der Waals surface area contributed by atoms with Gasteiger partial charge in [-0.05, 0) is 65.6 Å². The molecule has 2 aliphatic rings. The van der Waals surface area contributed by atoms with Crippen LogP contribution < -0.4 is 0 Å². The Kier molecular flexibility index (Phi) is 6.91. The van der Waals surface area contributed by atoms with Gasteiger partial charge in [-0.15, -0.1) is 12.6 Å². The molecule has 2 unspecified atom stereocenters. The van der Waals surface area contributed by atoms with Gasteiger partial charge in [-0.25, -0.2) is 0 Å². The number of rotatable bonds is 7. The van der Waals surface area contributed by atoms with Gasteiger partial charge in [-0.1, -0.05) is 63.6 Å². The maximum atomic E-state index is 10.2. The zero-order valence-corrected chi connectivity index (χ0v) is 21.2. The van der Waals surface area contributed by atoms with Crippen LogP contribution in [0.2, 0.25) is 0 Å². The number of hydrogen-bond acceptors (Lipinski definition) is 4. The van der Waals surface area contributed by atoms with Crippen molar-refractivity contribution in [1.82, 2.24) is 0 Å². The molecule has 2 atom stereocenters.